The highest BCUT2D eigenvalue weighted by atomic mass is 35.5. The smallest absolute Gasteiger partial charge is 0.341 e. The number of phenolic OH excluding ortho intramolecular Hbond substituents is 1. The maximum absolute atomic E-state index is 14.1. The second-order valence-corrected chi connectivity index (χ2v) is 12.7. The number of hydrogen-bond acceptors (Lipinski definition) is 8. The summed E-state index contributed by atoms with van der Waals surface area (Å²) < 4.78 is 34.5. The average Bonchev–Trinajstić information content (AvgIpc) is 3.52. The molecule has 44 heavy (non-hydrogen) atoms. The van der Waals surface area contributed by atoms with Gasteiger partial charge < -0.3 is 20.6 Å². The van der Waals surface area contributed by atoms with Gasteiger partial charge in [0, 0.05) is 36.1 Å². The molecule has 3 aromatic carbocycles. The van der Waals surface area contributed by atoms with Crippen LogP contribution in [0.5, 0.6) is 17.2 Å². The summed E-state index contributed by atoms with van der Waals surface area (Å²) in [5.74, 6) is -0.529. The van der Waals surface area contributed by atoms with Crippen molar-refractivity contribution in [2.45, 2.75) is 43.5 Å². The number of nitrogens with one attached hydrogen (secondary N) is 1. The summed E-state index contributed by atoms with van der Waals surface area (Å²) in [5, 5.41) is 20.3. The van der Waals surface area contributed by atoms with Gasteiger partial charge in [-0.25, -0.2) is 17.5 Å². The molecule has 11 nitrogen and oxygen atoms in total. The Kier molecular flexibility index (Phi) is 8.82. The van der Waals surface area contributed by atoms with Crippen LogP contribution >= 0.6 is 11.6 Å². The number of aromatic amines is 1. The number of amides is 3. The quantitative estimate of drug-likeness (QED) is 0.149. The van der Waals surface area contributed by atoms with Gasteiger partial charge in [0.25, 0.3) is 15.9 Å². The van der Waals surface area contributed by atoms with Crippen molar-refractivity contribution in [2.75, 3.05) is 13.1 Å². The lowest BCUT2D eigenvalue weighted by molar-refractivity contribution is -0.127. The molecule has 0 aliphatic carbocycles. The van der Waals surface area contributed by atoms with Gasteiger partial charge in [-0.2, -0.15) is 5.26 Å². The Balaban J connectivity index is 1.51. The molecule has 0 bridgehead atoms. The van der Waals surface area contributed by atoms with Crippen LogP contribution in [0.4, 0.5) is 4.79 Å². The molecule has 1 fully saturated rings. The van der Waals surface area contributed by atoms with Crippen molar-refractivity contribution >= 4 is 44.5 Å². The summed E-state index contributed by atoms with van der Waals surface area (Å²) in [6, 6.07) is 13.0. The molecule has 0 spiro atoms. The highest BCUT2D eigenvalue weighted by molar-refractivity contribution is 7.89. The number of carbonyl (C=O) groups is 2. The highest BCUT2D eigenvalue weighted by Crippen LogP contribution is 2.35. The van der Waals surface area contributed by atoms with Crippen LogP contribution in [0.15, 0.2) is 65.7 Å². The number of aromatic hydroxyl groups is 1. The van der Waals surface area contributed by atoms with E-state index in [0.29, 0.717) is 35.7 Å². The maximum Gasteiger partial charge on any atom is 0.341 e. The zero-order chi connectivity index (χ0) is 31.6. The SMILES string of the molecule is Cc1cccc2c(CC3C(=O)N(CCCCCN)C(=O)N3S(=O)(=O)c3ccc(Oc4ccc(O)c(Cl)c4)c(C#N)c3)c[nH]c12. The number of nitrogens with two attached hydrogens (primary N) is 1. The van der Waals surface area contributed by atoms with Crippen LogP contribution in [0.25, 0.3) is 10.9 Å². The van der Waals surface area contributed by atoms with Crippen LogP contribution in [0.1, 0.15) is 36.0 Å². The van der Waals surface area contributed by atoms with Gasteiger partial charge in [-0.3, -0.25) is 9.69 Å². The summed E-state index contributed by atoms with van der Waals surface area (Å²) in [7, 11) is -4.61. The molecule has 4 N–H and O–H groups in total. The maximum atomic E-state index is 14.1. The number of sulfonamides is 1. The first-order valence-corrected chi connectivity index (χ1v) is 15.7. The number of carbonyl (C=O) groups excluding carboxylic acids is 2. The predicted octanol–water partition coefficient (Wildman–Crippen LogP) is 5.19. The van der Waals surface area contributed by atoms with E-state index in [4.69, 9.17) is 22.1 Å². The number of ether oxygens (including phenoxy) is 1. The molecule has 1 atom stereocenters. The van der Waals surface area contributed by atoms with Gasteiger partial charge >= 0.3 is 6.03 Å². The summed E-state index contributed by atoms with van der Waals surface area (Å²) in [6.45, 7) is 2.45. The summed E-state index contributed by atoms with van der Waals surface area (Å²) in [4.78, 5) is 31.2. The van der Waals surface area contributed by atoms with E-state index in [0.717, 1.165) is 27.4 Å². The van der Waals surface area contributed by atoms with Gasteiger partial charge in [0.05, 0.1) is 15.5 Å². The minimum atomic E-state index is -4.61. The van der Waals surface area contributed by atoms with Gasteiger partial charge in [-0.05, 0) is 67.8 Å². The third kappa shape index (κ3) is 5.81. The number of para-hydroxylation sites is 1. The minimum Gasteiger partial charge on any atom is -0.506 e. The fourth-order valence-corrected chi connectivity index (χ4v) is 6.95. The van der Waals surface area contributed by atoms with Gasteiger partial charge in [0.15, 0.2) is 0 Å². The zero-order valence-electron chi connectivity index (χ0n) is 23.8. The molecule has 13 heteroatoms. The fraction of sp³-hybridized carbons (Fsp3) is 0.258. The van der Waals surface area contributed by atoms with E-state index in [1.54, 1.807) is 6.20 Å². The number of halogens is 1. The number of fused-ring (bicyclic) bond motifs is 1. The number of hydrogen-bond donors (Lipinski definition) is 3. The molecule has 1 saturated heterocycles. The van der Waals surface area contributed by atoms with Crippen LogP contribution in [-0.2, 0) is 21.2 Å². The van der Waals surface area contributed by atoms with Gasteiger partial charge in [-0.15, -0.1) is 0 Å². The van der Waals surface area contributed by atoms with E-state index in [2.05, 4.69) is 4.98 Å². The molecule has 1 aromatic heterocycles. The average molecular weight is 636 g/mol. The topological polar surface area (TPSA) is 170 Å². The third-order valence-electron chi connectivity index (χ3n) is 7.54. The number of unbranched alkanes of at least 4 members (excludes halogenated alkanes) is 2. The first-order valence-electron chi connectivity index (χ1n) is 13.9. The van der Waals surface area contributed by atoms with E-state index >= 15 is 0 Å². The lowest BCUT2D eigenvalue weighted by Crippen LogP contribution is -2.41. The van der Waals surface area contributed by atoms with E-state index in [1.807, 2.05) is 31.2 Å². The van der Waals surface area contributed by atoms with Crippen molar-refractivity contribution in [1.29, 1.82) is 5.26 Å². The molecule has 0 radical (unpaired) electrons. The summed E-state index contributed by atoms with van der Waals surface area (Å²) in [5.41, 5.74) is 7.98. The van der Waals surface area contributed by atoms with E-state index < -0.39 is 28.0 Å². The first kappa shape index (κ1) is 30.9. The van der Waals surface area contributed by atoms with Crippen LogP contribution in [0.3, 0.4) is 0 Å². The Morgan fingerprint density at radius 3 is 2.64 bits per heavy atom. The lowest BCUT2D eigenvalue weighted by Gasteiger charge is -2.22. The number of H-pyrrole nitrogens is 1. The zero-order valence-corrected chi connectivity index (χ0v) is 25.4. The second kappa shape index (κ2) is 12.6. The number of aryl methyl sites for hydroxylation is 1. The molecule has 1 aliphatic heterocycles. The lowest BCUT2D eigenvalue weighted by atomic mass is 10.0. The Bertz CT molecular complexity index is 1900. The van der Waals surface area contributed by atoms with E-state index in [1.165, 1.54) is 30.3 Å². The van der Waals surface area contributed by atoms with E-state index in [9.17, 15) is 28.4 Å². The van der Waals surface area contributed by atoms with Crippen LogP contribution in [0.2, 0.25) is 5.02 Å². The second-order valence-electron chi connectivity index (χ2n) is 10.4. The molecule has 1 aliphatic rings. The predicted molar refractivity (Wildman–Crippen MR) is 164 cm³/mol. The van der Waals surface area contributed by atoms with Crippen molar-refractivity contribution in [3.05, 3.63) is 82.5 Å². The van der Waals surface area contributed by atoms with Crippen LogP contribution in [-0.4, -0.2) is 58.8 Å². The van der Waals surface area contributed by atoms with E-state index in [-0.39, 0.29) is 45.7 Å². The molecule has 228 valence electrons. The molecule has 3 amide bonds. The van der Waals surface area contributed by atoms with Crippen molar-refractivity contribution in [3.8, 4) is 23.3 Å². The normalized spacial score (nSPS) is 15.3. The molecule has 4 aromatic rings. The minimum absolute atomic E-state index is 0.0291. The molecular formula is C31H30ClN5O6S. The number of rotatable bonds is 11. The molecule has 0 saturated carbocycles. The first-order chi connectivity index (χ1) is 21.1. The molecule has 1 unspecified atom stereocenters. The van der Waals surface area contributed by atoms with Gasteiger partial charge in [-0.1, -0.05) is 36.2 Å². The van der Waals surface area contributed by atoms with Crippen LogP contribution in [0, 0.1) is 18.3 Å². The number of imide groups is 1. The molecule has 5 rings (SSSR count). The van der Waals surface area contributed by atoms with Crippen molar-refractivity contribution in [2.24, 2.45) is 5.73 Å². The fourth-order valence-electron chi connectivity index (χ4n) is 5.24. The Hall–Kier alpha value is -4.57. The number of phenols is 1. The highest BCUT2D eigenvalue weighted by Gasteiger charge is 2.51. The number of urea groups is 1. The Morgan fingerprint density at radius 1 is 1.11 bits per heavy atom. The van der Waals surface area contributed by atoms with Crippen molar-refractivity contribution in [3.63, 3.8) is 0 Å². The standard InChI is InChI=1S/C31H30ClN5O6S/c1-19-6-5-7-24-21(18-35-29(19)24)15-26-30(39)36(13-4-2-3-12-33)31(40)37(26)44(41,42)23-9-11-28(20(14-23)17-34)43-22-8-10-27(38)25(32)16-22/h5-11,14,16,18,26,35,38H,2-4,12-13,15,33H2,1H3. The third-order valence-corrected chi connectivity index (χ3v) is 9.62. The van der Waals surface area contributed by atoms with Gasteiger partial charge in [0.2, 0.25) is 0 Å². The number of nitriles is 1. The summed E-state index contributed by atoms with van der Waals surface area (Å²) >= 11 is 5.95. The molecule has 2 heterocycles. The van der Waals surface area contributed by atoms with Crippen molar-refractivity contribution < 1.29 is 27.9 Å². The number of benzene rings is 3. The molecular weight excluding hydrogens is 606 g/mol. The van der Waals surface area contributed by atoms with Crippen LogP contribution < -0.4 is 10.5 Å². The van der Waals surface area contributed by atoms with Crippen molar-refractivity contribution in [1.82, 2.24) is 14.2 Å². The monoisotopic (exact) mass is 635 g/mol. The van der Waals surface area contributed by atoms with Gasteiger partial charge in [0.1, 0.15) is 29.4 Å². The Morgan fingerprint density at radius 2 is 1.91 bits per heavy atom. The Labute approximate surface area is 259 Å². The summed E-state index contributed by atoms with van der Waals surface area (Å²) in [6.07, 6.45) is 3.54. The number of aromatic nitrogens is 1. The number of nitrogens with zero attached hydrogens (tertiary/aromatic N) is 3. The largest absolute Gasteiger partial charge is 0.506 e.